The Hall–Kier alpha value is -1.77. The molecule has 3 nitrogen and oxygen atoms in total. The number of likely N-dealkylation sites (N-methyl/N-ethyl adjacent to an activating group) is 1. The van der Waals surface area contributed by atoms with E-state index in [2.05, 4.69) is 34.9 Å². The molecule has 0 aliphatic heterocycles. The number of nitrogens with one attached hydrogen (secondary N) is 2. The summed E-state index contributed by atoms with van der Waals surface area (Å²) in [5.41, 5.74) is 2.22. The highest BCUT2D eigenvalue weighted by Gasteiger charge is 2.35. The van der Waals surface area contributed by atoms with Crippen molar-refractivity contribution in [1.82, 2.24) is 5.32 Å². The summed E-state index contributed by atoms with van der Waals surface area (Å²) in [6, 6.07) is 8.24. The maximum atomic E-state index is 11.5. The standard InChI is InChI=1S/C18H24N2O/c1-2-19-18(21)11-13-4-7-17(8-5-13)20-12-16-10-14-3-6-15(16)9-14/h3-8,14-16,20H,2,9-12H2,1H3,(H,19,21). The first-order chi connectivity index (χ1) is 10.2. The van der Waals surface area contributed by atoms with Gasteiger partial charge in [0.05, 0.1) is 6.42 Å². The molecule has 3 rings (SSSR count). The van der Waals surface area contributed by atoms with E-state index in [1.54, 1.807) is 0 Å². The van der Waals surface area contributed by atoms with Gasteiger partial charge in [-0.3, -0.25) is 4.79 Å². The molecule has 21 heavy (non-hydrogen) atoms. The molecule has 2 N–H and O–H groups in total. The van der Waals surface area contributed by atoms with Gasteiger partial charge >= 0.3 is 0 Å². The molecule has 3 atom stereocenters. The van der Waals surface area contributed by atoms with Crippen LogP contribution >= 0.6 is 0 Å². The van der Waals surface area contributed by atoms with E-state index in [9.17, 15) is 4.79 Å². The van der Waals surface area contributed by atoms with Crippen molar-refractivity contribution < 1.29 is 4.79 Å². The largest absolute Gasteiger partial charge is 0.385 e. The molecule has 1 saturated carbocycles. The maximum absolute atomic E-state index is 11.5. The minimum atomic E-state index is 0.0898. The van der Waals surface area contributed by atoms with Gasteiger partial charge < -0.3 is 10.6 Å². The van der Waals surface area contributed by atoms with Crippen LogP contribution in [0.5, 0.6) is 0 Å². The minimum absolute atomic E-state index is 0.0898. The van der Waals surface area contributed by atoms with E-state index in [-0.39, 0.29) is 5.91 Å². The SMILES string of the molecule is CCNC(=O)Cc1ccc(NCC2CC3C=CC2C3)cc1. The van der Waals surface area contributed by atoms with Gasteiger partial charge in [0.2, 0.25) is 5.91 Å². The van der Waals surface area contributed by atoms with Crippen LogP contribution in [0.1, 0.15) is 25.3 Å². The lowest BCUT2D eigenvalue weighted by Gasteiger charge is -2.19. The zero-order chi connectivity index (χ0) is 14.7. The molecular formula is C18H24N2O. The number of benzene rings is 1. The predicted octanol–water partition coefficient (Wildman–Crippen LogP) is 2.99. The molecule has 1 amide bonds. The van der Waals surface area contributed by atoms with E-state index < -0.39 is 0 Å². The van der Waals surface area contributed by atoms with Crippen molar-refractivity contribution >= 4 is 11.6 Å². The summed E-state index contributed by atoms with van der Waals surface area (Å²) in [5.74, 6) is 2.50. The molecule has 3 unspecified atom stereocenters. The molecule has 2 aliphatic rings. The number of hydrogen-bond donors (Lipinski definition) is 2. The van der Waals surface area contributed by atoms with Crippen molar-refractivity contribution in [2.75, 3.05) is 18.4 Å². The number of hydrogen-bond acceptors (Lipinski definition) is 2. The first-order valence-electron chi connectivity index (χ1n) is 8.02. The number of amides is 1. The van der Waals surface area contributed by atoms with Crippen LogP contribution < -0.4 is 10.6 Å². The molecule has 0 spiro atoms. The molecule has 0 radical (unpaired) electrons. The number of anilines is 1. The predicted molar refractivity (Wildman–Crippen MR) is 86.2 cm³/mol. The molecule has 112 valence electrons. The molecule has 1 aromatic carbocycles. The molecule has 0 saturated heterocycles. The third-order valence-electron chi connectivity index (χ3n) is 4.68. The van der Waals surface area contributed by atoms with Crippen molar-refractivity contribution in [2.45, 2.75) is 26.2 Å². The highest BCUT2D eigenvalue weighted by atomic mass is 16.1. The fraction of sp³-hybridized carbons (Fsp3) is 0.500. The summed E-state index contributed by atoms with van der Waals surface area (Å²) in [7, 11) is 0. The van der Waals surface area contributed by atoms with Crippen LogP contribution in [0.3, 0.4) is 0 Å². The van der Waals surface area contributed by atoms with E-state index in [1.807, 2.05) is 19.1 Å². The van der Waals surface area contributed by atoms with Crippen LogP contribution in [0.4, 0.5) is 5.69 Å². The Labute approximate surface area is 126 Å². The van der Waals surface area contributed by atoms with Crippen LogP contribution in [0.15, 0.2) is 36.4 Å². The Morgan fingerprint density at radius 1 is 1.19 bits per heavy atom. The van der Waals surface area contributed by atoms with Gasteiger partial charge in [-0.1, -0.05) is 24.3 Å². The van der Waals surface area contributed by atoms with E-state index in [0.29, 0.717) is 13.0 Å². The summed E-state index contributed by atoms with van der Waals surface area (Å²) in [4.78, 5) is 11.5. The van der Waals surface area contributed by atoms with Crippen LogP contribution in [0.25, 0.3) is 0 Å². The molecule has 0 aromatic heterocycles. The fourth-order valence-electron chi connectivity index (χ4n) is 3.56. The van der Waals surface area contributed by atoms with E-state index in [4.69, 9.17) is 0 Å². The zero-order valence-corrected chi connectivity index (χ0v) is 12.6. The van der Waals surface area contributed by atoms with Crippen molar-refractivity contribution in [3.05, 3.63) is 42.0 Å². The lowest BCUT2D eigenvalue weighted by Crippen LogP contribution is -2.24. The van der Waals surface area contributed by atoms with Crippen LogP contribution in [0, 0.1) is 17.8 Å². The number of allylic oxidation sites excluding steroid dienone is 2. The lowest BCUT2D eigenvalue weighted by atomic mass is 9.93. The highest BCUT2D eigenvalue weighted by molar-refractivity contribution is 5.78. The Morgan fingerprint density at radius 2 is 2.00 bits per heavy atom. The van der Waals surface area contributed by atoms with Crippen molar-refractivity contribution in [3.63, 3.8) is 0 Å². The topological polar surface area (TPSA) is 41.1 Å². The smallest absolute Gasteiger partial charge is 0.224 e. The Bertz CT molecular complexity index is 521. The summed E-state index contributed by atoms with van der Waals surface area (Å²) in [5, 5.41) is 6.37. The van der Waals surface area contributed by atoms with E-state index in [0.717, 1.165) is 35.5 Å². The molecule has 0 heterocycles. The monoisotopic (exact) mass is 284 g/mol. The first-order valence-corrected chi connectivity index (χ1v) is 8.02. The second kappa shape index (κ2) is 6.33. The molecular weight excluding hydrogens is 260 g/mol. The zero-order valence-electron chi connectivity index (χ0n) is 12.6. The fourth-order valence-corrected chi connectivity index (χ4v) is 3.56. The second-order valence-electron chi connectivity index (χ2n) is 6.25. The van der Waals surface area contributed by atoms with Gasteiger partial charge in [-0.05, 0) is 55.2 Å². The van der Waals surface area contributed by atoms with E-state index >= 15 is 0 Å². The number of rotatable bonds is 6. The summed E-state index contributed by atoms with van der Waals surface area (Å²) >= 11 is 0. The maximum Gasteiger partial charge on any atom is 0.224 e. The first kappa shape index (κ1) is 14.2. The highest BCUT2D eigenvalue weighted by Crippen LogP contribution is 2.43. The Balaban J connectivity index is 1.48. The van der Waals surface area contributed by atoms with Gasteiger partial charge in [0.25, 0.3) is 0 Å². The average molecular weight is 284 g/mol. The Morgan fingerprint density at radius 3 is 2.62 bits per heavy atom. The summed E-state index contributed by atoms with van der Waals surface area (Å²) in [6.45, 7) is 3.69. The lowest BCUT2D eigenvalue weighted by molar-refractivity contribution is -0.120. The van der Waals surface area contributed by atoms with Gasteiger partial charge in [-0.2, -0.15) is 0 Å². The Kier molecular flexibility index (Phi) is 4.28. The van der Waals surface area contributed by atoms with Crippen molar-refractivity contribution in [1.29, 1.82) is 0 Å². The number of carbonyl (C=O) groups excluding carboxylic acids is 1. The van der Waals surface area contributed by atoms with Gasteiger partial charge in [-0.25, -0.2) is 0 Å². The van der Waals surface area contributed by atoms with Crippen molar-refractivity contribution in [2.24, 2.45) is 17.8 Å². The van der Waals surface area contributed by atoms with Crippen LogP contribution in [0.2, 0.25) is 0 Å². The second-order valence-corrected chi connectivity index (χ2v) is 6.25. The van der Waals surface area contributed by atoms with Crippen LogP contribution in [-0.2, 0) is 11.2 Å². The quantitative estimate of drug-likeness (QED) is 0.789. The van der Waals surface area contributed by atoms with Gasteiger partial charge in [-0.15, -0.1) is 0 Å². The van der Waals surface area contributed by atoms with Gasteiger partial charge in [0, 0.05) is 18.8 Å². The van der Waals surface area contributed by atoms with Gasteiger partial charge in [0.15, 0.2) is 0 Å². The number of fused-ring (bicyclic) bond motifs is 2. The van der Waals surface area contributed by atoms with E-state index in [1.165, 1.54) is 12.8 Å². The average Bonchev–Trinajstić information content (AvgIpc) is 3.09. The van der Waals surface area contributed by atoms with Gasteiger partial charge in [0.1, 0.15) is 0 Å². The molecule has 1 aromatic rings. The third kappa shape index (κ3) is 3.46. The van der Waals surface area contributed by atoms with Crippen molar-refractivity contribution in [3.8, 4) is 0 Å². The normalized spacial score (nSPS) is 26.0. The third-order valence-corrected chi connectivity index (χ3v) is 4.68. The summed E-state index contributed by atoms with van der Waals surface area (Å²) in [6.07, 6.45) is 7.94. The molecule has 2 bridgehead atoms. The van der Waals surface area contributed by atoms with Crippen LogP contribution in [-0.4, -0.2) is 19.0 Å². The minimum Gasteiger partial charge on any atom is -0.385 e. The molecule has 1 fully saturated rings. The summed E-state index contributed by atoms with van der Waals surface area (Å²) < 4.78 is 0. The number of carbonyl (C=O) groups is 1. The molecule has 3 heteroatoms. The molecule has 2 aliphatic carbocycles.